The number of hydrogen-bond acceptors (Lipinski definition) is 5. The van der Waals surface area contributed by atoms with Crippen LogP contribution in [0.5, 0.6) is 0 Å². The normalized spacial score (nSPS) is 13.6. The molecule has 7 nitrogen and oxygen atoms in total. The molecule has 3 N–H and O–H groups in total. The molecule has 1 amide bonds. The molecule has 0 unspecified atom stereocenters. The molecule has 1 aromatic heterocycles. The van der Waals surface area contributed by atoms with Crippen molar-refractivity contribution in [3.63, 3.8) is 0 Å². The summed E-state index contributed by atoms with van der Waals surface area (Å²) in [6, 6.07) is 0. The number of carboxylic acids is 2. The van der Waals surface area contributed by atoms with Crippen LogP contribution in [0.1, 0.15) is 33.6 Å². The third kappa shape index (κ3) is 3.14. The van der Waals surface area contributed by atoms with Crippen molar-refractivity contribution in [2.45, 2.75) is 25.9 Å². The second-order valence-corrected chi connectivity index (χ2v) is 5.36. The summed E-state index contributed by atoms with van der Waals surface area (Å²) in [5.41, 5.74) is 0.791. The maximum atomic E-state index is 11.6. The quantitative estimate of drug-likeness (QED) is 0.755. The lowest BCUT2D eigenvalue weighted by molar-refractivity contribution is -0.138. The first-order valence-corrected chi connectivity index (χ1v) is 6.78. The van der Waals surface area contributed by atoms with E-state index in [1.807, 2.05) is 0 Å². The highest BCUT2D eigenvalue weighted by Gasteiger charge is 2.26. The fourth-order valence-corrected chi connectivity index (χ4v) is 3.15. The average Bonchev–Trinajstić information content (AvgIpc) is 2.74. The topological polar surface area (TPSA) is 113 Å². The molecule has 0 bridgehead atoms. The summed E-state index contributed by atoms with van der Waals surface area (Å²) >= 11 is 1.17. The molecule has 1 aromatic rings. The van der Waals surface area contributed by atoms with E-state index < -0.39 is 17.8 Å². The average molecular weight is 299 g/mol. The van der Waals surface area contributed by atoms with E-state index in [2.05, 4.69) is 5.32 Å². The molecule has 0 atom stereocenters. The lowest BCUT2D eigenvalue weighted by Crippen LogP contribution is -2.15. The van der Waals surface area contributed by atoms with E-state index in [4.69, 9.17) is 9.84 Å². The second-order valence-electron chi connectivity index (χ2n) is 4.26. The van der Waals surface area contributed by atoms with Gasteiger partial charge in [0.05, 0.1) is 25.2 Å². The Morgan fingerprint density at radius 1 is 1.25 bits per heavy atom. The van der Waals surface area contributed by atoms with E-state index in [9.17, 15) is 19.5 Å². The summed E-state index contributed by atoms with van der Waals surface area (Å²) < 4.78 is 5.26. The number of rotatable bonds is 5. The number of ether oxygens (including phenoxy) is 1. The Hall–Kier alpha value is -1.93. The third-order valence-electron chi connectivity index (χ3n) is 2.85. The van der Waals surface area contributed by atoms with Gasteiger partial charge < -0.3 is 20.3 Å². The molecular weight excluding hydrogens is 286 g/mol. The number of carbonyl (C=O) groups is 3. The highest BCUT2D eigenvalue weighted by Crippen LogP contribution is 2.36. The zero-order valence-corrected chi connectivity index (χ0v) is 11.3. The summed E-state index contributed by atoms with van der Waals surface area (Å²) in [5.74, 6) is -2.68. The Balaban J connectivity index is 2.18. The number of aliphatic carboxylic acids is 1. The van der Waals surface area contributed by atoms with Crippen molar-refractivity contribution in [1.82, 2.24) is 0 Å². The van der Waals surface area contributed by atoms with Gasteiger partial charge in [-0.25, -0.2) is 4.79 Å². The van der Waals surface area contributed by atoms with Crippen LogP contribution in [0.3, 0.4) is 0 Å². The van der Waals surface area contributed by atoms with E-state index in [1.54, 1.807) is 0 Å². The zero-order valence-electron chi connectivity index (χ0n) is 10.5. The van der Waals surface area contributed by atoms with E-state index in [-0.39, 0.29) is 23.4 Å². The highest BCUT2D eigenvalue weighted by atomic mass is 32.1. The molecule has 1 aliphatic rings. The van der Waals surface area contributed by atoms with Crippen LogP contribution in [0, 0.1) is 0 Å². The lowest BCUT2D eigenvalue weighted by atomic mass is 10.1. The van der Waals surface area contributed by atoms with Crippen molar-refractivity contribution in [3.8, 4) is 0 Å². The molecule has 0 aromatic carbocycles. The van der Waals surface area contributed by atoms with Gasteiger partial charge in [0.2, 0.25) is 5.91 Å². The standard InChI is InChI=1S/C12H13NO6S/c14-8(1-2-9(15)16)13-11-10(12(17)18)6-3-4-19-5-7(6)20-11/h1-5H2,(H,13,14)(H,15,16)(H,17,18). The van der Waals surface area contributed by atoms with Gasteiger partial charge in [-0.05, 0) is 12.0 Å². The molecule has 0 radical (unpaired) electrons. The van der Waals surface area contributed by atoms with E-state index in [1.165, 1.54) is 11.3 Å². The first kappa shape index (κ1) is 14.5. The summed E-state index contributed by atoms with van der Waals surface area (Å²) in [6.45, 7) is 0.793. The molecule has 20 heavy (non-hydrogen) atoms. The maximum Gasteiger partial charge on any atom is 0.339 e. The molecule has 108 valence electrons. The van der Waals surface area contributed by atoms with Crippen LogP contribution in [0.4, 0.5) is 5.00 Å². The number of carboxylic acid groups (broad SMARTS) is 2. The van der Waals surface area contributed by atoms with Gasteiger partial charge in [0, 0.05) is 11.3 Å². The van der Waals surface area contributed by atoms with Gasteiger partial charge in [-0.15, -0.1) is 11.3 Å². The van der Waals surface area contributed by atoms with Crippen LogP contribution >= 0.6 is 11.3 Å². The summed E-state index contributed by atoms with van der Waals surface area (Å²) in [6.07, 6.45) is 0.0222. The molecule has 2 rings (SSSR count). The Bertz CT molecular complexity index is 565. The van der Waals surface area contributed by atoms with Crippen LogP contribution in [0.25, 0.3) is 0 Å². The van der Waals surface area contributed by atoms with Gasteiger partial charge in [-0.2, -0.15) is 0 Å². The number of fused-ring (bicyclic) bond motifs is 1. The largest absolute Gasteiger partial charge is 0.481 e. The number of aromatic carboxylic acids is 1. The van der Waals surface area contributed by atoms with Crippen molar-refractivity contribution in [2.24, 2.45) is 0 Å². The van der Waals surface area contributed by atoms with E-state index in [0.717, 1.165) is 4.88 Å². The molecule has 0 saturated heterocycles. The SMILES string of the molecule is O=C(O)CCC(=O)Nc1sc2c(c1C(=O)O)CCOC2. The van der Waals surface area contributed by atoms with Crippen LogP contribution in [-0.2, 0) is 27.4 Å². The fraction of sp³-hybridized carbons (Fsp3) is 0.417. The van der Waals surface area contributed by atoms with Gasteiger partial charge >= 0.3 is 11.9 Å². The van der Waals surface area contributed by atoms with Gasteiger partial charge in [0.1, 0.15) is 5.00 Å². The Labute approximate surface area is 118 Å². The van der Waals surface area contributed by atoms with Crippen LogP contribution < -0.4 is 5.32 Å². The number of anilines is 1. The number of carbonyl (C=O) groups excluding carboxylic acids is 1. The van der Waals surface area contributed by atoms with Crippen LogP contribution in [0.15, 0.2) is 0 Å². The number of amides is 1. The number of hydrogen-bond donors (Lipinski definition) is 3. The van der Waals surface area contributed by atoms with Gasteiger partial charge in [0.15, 0.2) is 0 Å². The fourth-order valence-electron chi connectivity index (χ4n) is 1.96. The monoisotopic (exact) mass is 299 g/mol. The Kier molecular flexibility index (Phi) is 4.35. The van der Waals surface area contributed by atoms with Crippen molar-refractivity contribution in [1.29, 1.82) is 0 Å². The first-order chi connectivity index (χ1) is 9.49. The lowest BCUT2D eigenvalue weighted by Gasteiger charge is -2.11. The van der Waals surface area contributed by atoms with Crippen molar-refractivity contribution in [2.75, 3.05) is 11.9 Å². The summed E-state index contributed by atoms with van der Waals surface area (Å²) in [7, 11) is 0. The maximum absolute atomic E-state index is 11.6. The molecular formula is C12H13NO6S. The predicted molar refractivity (Wildman–Crippen MR) is 70.1 cm³/mol. The Morgan fingerprint density at radius 3 is 2.65 bits per heavy atom. The molecule has 1 aliphatic heterocycles. The Morgan fingerprint density at radius 2 is 2.00 bits per heavy atom. The number of thiophene rings is 1. The van der Waals surface area contributed by atoms with Gasteiger partial charge in [0.25, 0.3) is 0 Å². The van der Waals surface area contributed by atoms with Gasteiger partial charge in [-0.3, -0.25) is 9.59 Å². The zero-order chi connectivity index (χ0) is 14.7. The molecule has 8 heteroatoms. The van der Waals surface area contributed by atoms with Crippen molar-refractivity contribution in [3.05, 3.63) is 16.0 Å². The molecule has 0 spiro atoms. The first-order valence-electron chi connectivity index (χ1n) is 5.96. The smallest absolute Gasteiger partial charge is 0.339 e. The minimum atomic E-state index is -1.10. The molecule has 2 heterocycles. The minimum Gasteiger partial charge on any atom is -0.481 e. The predicted octanol–water partition coefficient (Wildman–Crippen LogP) is 1.32. The molecule has 0 aliphatic carbocycles. The van der Waals surface area contributed by atoms with Gasteiger partial charge in [-0.1, -0.05) is 0 Å². The van der Waals surface area contributed by atoms with E-state index >= 15 is 0 Å². The minimum absolute atomic E-state index is 0.0944. The van der Waals surface area contributed by atoms with E-state index in [0.29, 0.717) is 25.2 Å². The summed E-state index contributed by atoms with van der Waals surface area (Å²) in [4.78, 5) is 34.1. The second kappa shape index (κ2) is 6.02. The summed E-state index contributed by atoms with van der Waals surface area (Å²) in [5, 5.41) is 20.5. The molecule has 0 saturated carbocycles. The number of nitrogens with one attached hydrogen (secondary N) is 1. The van der Waals surface area contributed by atoms with Crippen LogP contribution in [0.2, 0.25) is 0 Å². The van der Waals surface area contributed by atoms with Crippen LogP contribution in [-0.4, -0.2) is 34.7 Å². The van der Waals surface area contributed by atoms with Crippen molar-refractivity contribution < 1.29 is 29.3 Å². The highest BCUT2D eigenvalue weighted by molar-refractivity contribution is 7.17. The molecule has 0 fully saturated rings. The van der Waals surface area contributed by atoms with Crippen molar-refractivity contribution >= 4 is 34.2 Å². The third-order valence-corrected chi connectivity index (χ3v) is 3.97.